The molecule has 2 unspecified atom stereocenters. The van der Waals surface area contributed by atoms with Gasteiger partial charge in [0, 0.05) is 12.0 Å². The second-order valence-corrected chi connectivity index (χ2v) is 7.38. The number of allylic oxidation sites excluding steroid dienone is 2. The van der Waals surface area contributed by atoms with Crippen molar-refractivity contribution in [2.24, 2.45) is 17.3 Å². The minimum Gasteiger partial charge on any atom is -0.469 e. The first-order valence-corrected chi connectivity index (χ1v) is 8.38. The molecule has 1 aromatic heterocycles. The van der Waals surface area contributed by atoms with E-state index in [0.29, 0.717) is 11.3 Å². The topological polar surface area (TPSA) is 39.4 Å². The number of esters is 1. The average Bonchev–Trinajstić information content (AvgIpc) is 3.01. The Balaban J connectivity index is 1.66. The molecule has 0 aliphatic heterocycles. The molecule has 1 aromatic carbocycles. The minimum absolute atomic E-state index is 0.0575. The van der Waals surface area contributed by atoms with Crippen LogP contribution in [0.3, 0.4) is 0 Å². The first-order chi connectivity index (χ1) is 13.9. The van der Waals surface area contributed by atoms with Gasteiger partial charge >= 0.3 is 5.97 Å². The summed E-state index contributed by atoms with van der Waals surface area (Å²) in [6.45, 7) is 8.20. The Bertz CT molecular complexity index is 989. The summed E-state index contributed by atoms with van der Waals surface area (Å²) in [6.07, 6.45) is 3.63. The Hall–Kier alpha value is -2.29. The Morgan fingerprint density at radius 3 is 2.68 bits per heavy atom. The molecular weight excluding hydrogens is 312 g/mol. The van der Waals surface area contributed by atoms with Gasteiger partial charge in [-0.1, -0.05) is 55.7 Å². The van der Waals surface area contributed by atoms with Crippen molar-refractivity contribution < 1.29 is 20.8 Å². The molecule has 3 rings (SSSR count). The van der Waals surface area contributed by atoms with Crippen LogP contribution in [0.2, 0.25) is 0 Å². The van der Waals surface area contributed by atoms with Crippen molar-refractivity contribution >= 4 is 5.97 Å². The number of benzene rings is 1. The van der Waals surface area contributed by atoms with Crippen LogP contribution in [0, 0.1) is 17.3 Å². The van der Waals surface area contributed by atoms with Crippen molar-refractivity contribution in [1.82, 2.24) is 0 Å². The summed E-state index contributed by atoms with van der Waals surface area (Å²) in [6, 6.07) is 0.0301. The second kappa shape index (κ2) is 6.91. The molecule has 25 heavy (non-hydrogen) atoms. The number of carbonyl (C=O) groups excluding carboxylic acids is 1. The third kappa shape index (κ3) is 4.04. The molecule has 0 N–H and O–H groups in total. The maximum absolute atomic E-state index is 12.5. The third-order valence-corrected chi connectivity index (χ3v) is 4.67. The van der Waals surface area contributed by atoms with Crippen LogP contribution in [-0.2, 0) is 22.6 Å². The predicted molar refractivity (Wildman–Crippen MR) is 97.9 cm³/mol. The molecule has 2 atom stereocenters. The van der Waals surface area contributed by atoms with E-state index >= 15 is 0 Å². The van der Waals surface area contributed by atoms with E-state index in [-0.39, 0.29) is 66.0 Å². The molecule has 0 amide bonds. The molecule has 0 bridgehead atoms. The zero-order valence-electron chi connectivity index (χ0n) is 20.0. The van der Waals surface area contributed by atoms with Gasteiger partial charge in [-0.25, -0.2) is 0 Å². The lowest BCUT2D eigenvalue weighted by molar-refractivity contribution is -0.147. The first kappa shape index (κ1) is 12.1. The normalized spacial score (nSPS) is 23.6. The van der Waals surface area contributed by atoms with Gasteiger partial charge < -0.3 is 9.15 Å². The largest absolute Gasteiger partial charge is 0.469 e. The van der Waals surface area contributed by atoms with Gasteiger partial charge in [0.1, 0.15) is 12.4 Å². The summed E-state index contributed by atoms with van der Waals surface area (Å²) in [5.41, 5.74) is 1.89. The highest BCUT2D eigenvalue weighted by Crippen LogP contribution is 2.59. The van der Waals surface area contributed by atoms with E-state index < -0.39 is 6.04 Å². The second-order valence-electron chi connectivity index (χ2n) is 7.38. The highest BCUT2D eigenvalue weighted by Gasteiger charge is 2.61. The Labute approximate surface area is 156 Å². The SMILES string of the molecule is [2H]c1c([2H])c([2H])c(Cc2cc(COC(=O)C3C(C=C(C)C)C3(C)C)co2)c([2H])c1[2H]. The molecule has 2 aromatic rings. The number of carbonyl (C=O) groups is 1. The Morgan fingerprint density at radius 1 is 1.28 bits per heavy atom. The quantitative estimate of drug-likeness (QED) is 0.538. The van der Waals surface area contributed by atoms with Crippen LogP contribution in [0.5, 0.6) is 0 Å². The van der Waals surface area contributed by atoms with E-state index in [9.17, 15) is 4.79 Å². The molecule has 0 spiro atoms. The van der Waals surface area contributed by atoms with E-state index in [2.05, 4.69) is 19.9 Å². The smallest absolute Gasteiger partial charge is 0.310 e. The van der Waals surface area contributed by atoms with Crippen molar-refractivity contribution in [2.75, 3.05) is 0 Å². The van der Waals surface area contributed by atoms with E-state index in [1.807, 2.05) is 13.8 Å². The molecule has 3 nitrogen and oxygen atoms in total. The molecule has 1 aliphatic rings. The summed E-state index contributed by atoms with van der Waals surface area (Å²) < 4.78 is 50.1. The van der Waals surface area contributed by atoms with Gasteiger partial charge in [-0.05, 0) is 36.8 Å². The van der Waals surface area contributed by atoms with E-state index in [1.165, 1.54) is 11.8 Å². The maximum atomic E-state index is 12.5. The molecule has 1 heterocycles. The maximum Gasteiger partial charge on any atom is 0.310 e. The van der Waals surface area contributed by atoms with Gasteiger partial charge in [0.05, 0.1) is 19.0 Å². The van der Waals surface area contributed by atoms with Crippen LogP contribution in [0.15, 0.2) is 58.6 Å². The number of ether oxygens (including phenoxy) is 1. The van der Waals surface area contributed by atoms with Gasteiger partial charge in [-0.15, -0.1) is 0 Å². The standard InChI is InChI=1S/C22H26O3/c1-15(2)10-19-20(22(19,3)4)21(23)25-14-17-12-18(24-13-17)11-16-8-6-5-7-9-16/h5-10,12-13,19-20H,11,14H2,1-4H3/i5D,6D,7D,8D,9D. The molecular formula is C22H26O3. The van der Waals surface area contributed by atoms with Gasteiger partial charge in [-0.2, -0.15) is 0 Å². The highest BCUT2D eigenvalue weighted by molar-refractivity contribution is 5.78. The fourth-order valence-electron chi connectivity index (χ4n) is 3.18. The van der Waals surface area contributed by atoms with Gasteiger partial charge in [0.15, 0.2) is 0 Å². The van der Waals surface area contributed by atoms with Crippen molar-refractivity contribution in [1.29, 1.82) is 0 Å². The molecule has 1 fully saturated rings. The van der Waals surface area contributed by atoms with Crippen LogP contribution in [0.1, 0.15) is 51.4 Å². The van der Waals surface area contributed by atoms with Gasteiger partial charge in [0.2, 0.25) is 0 Å². The first-order valence-electron chi connectivity index (χ1n) is 10.9. The number of hydrogen-bond donors (Lipinski definition) is 0. The molecule has 0 radical (unpaired) electrons. The third-order valence-electron chi connectivity index (χ3n) is 4.67. The van der Waals surface area contributed by atoms with Crippen LogP contribution >= 0.6 is 0 Å². The lowest BCUT2D eigenvalue weighted by atomic mass is 10.1. The molecule has 1 saturated carbocycles. The Kier molecular flexibility index (Phi) is 3.35. The summed E-state index contributed by atoms with van der Waals surface area (Å²) in [4.78, 5) is 12.5. The predicted octanol–water partition coefficient (Wildman–Crippen LogP) is 5.15. The highest BCUT2D eigenvalue weighted by atomic mass is 16.5. The van der Waals surface area contributed by atoms with Gasteiger partial charge in [0.25, 0.3) is 0 Å². The summed E-state index contributed by atoms with van der Waals surface area (Å²) in [5.74, 6) is 0.216. The van der Waals surface area contributed by atoms with Crippen LogP contribution < -0.4 is 0 Å². The summed E-state index contributed by atoms with van der Waals surface area (Å²) in [5, 5.41) is 0. The monoisotopic (exact) mass is 343 g/mol. The van der Waals surface area contributed by atoms with Crippen LogP contribution in [0.4, 0.5) is 0 Å². The number of hydrogen-bond acceptors (Lipinski definition) is 3. The fourth-order valence-corrected chi connectivity index (χ4v) is 3.18. The van der Waals surface area contributed by atoms with Crippen molar-refractivity contribution in [3.8, 4) is 0 Å². The van der Waals surface area contributed by atoms with E-state index in [1.54, 1.807) is 6.07 Å². The molecule has 0 saturated heterocycles. The zero-order chi connectivity index (χ0) is 22.4. The van der Waals surface area contributed by atoms with E-state index in [0.717, 1.165) is 0 Å². The minimum atomic E-state index is -0.421. The van der Waals surface area contributed by atoms with Crippen LogP contribution in [-0.4, -0.2) is 5.97 Å². The molecule has 1 aliphatic carbocycles. The zero-order valence-corrected chi connectivity index (χ0v) is 15.0. The van der Waals surface area contributed by atoms with Crippen molar-refractivity contribution in [3.63, 3.8) is 0 Å². The van der Waals surface area contributed by atoms with E-state index in [4.69, 9.17) is 16.0 Å². The molecule has 132 valence electrons. The summed E-state index contributed by atoms with van der Waals surface area (Å²) >= 11 is 0. The number of furan rings is 1. The van der Waals surface area contributed by atoms with Gasteiger partial charge in [-0.3, -0.25) is 4.79 Å². The lowest BCUT2D eigenvalue weighted by Crippen LogP contribution is -2.10. The summed E-state index contributed by atoms with van der Waals surface area (Å²) in [7, 11) is 0. The molecule has 3 heteroatoms. The number of rotatable bonds is 6. The van der Waals surface area contributed by atoms with Crippen molar-refractivity contribution in [2.45, 2.75) is 40.7 Å². The average molecular weight is 343 g/mol. The van der Waals surface area contributed by atoms with Crippen molar-refractivity contribution in [3.05, 3.63) is 71.1 Å². The Morgan fingerprint density at radius 2 is 2.00 bits per heavy atom. The lowest BCUT2D eigenvalue weighted by Gasteiger charge is -2.03. The fraction of sp³-hybridized carbons (Fsp3) is 0.409. The van der Waals surface area contributed by atoms with Crippen LogP contribution in [0.25, 0.3) is 0 Å².